The van der Waals surface area contributed by atoms with E-state index in [1.54, 1.807) is 18.3 Å². The first-order valence-electron chi connectivity index (χ1n) is 6.15. The third kappa shape index (κ3) is 2.01. The Kier molecular flexibility index (Phi) is 2.83. The minimum atomic E-state index is -0.313. The molecule has 0 fully saturated rings. The molecule has 0 saturated heterocycles. The fraction of sp³-hybridized carbons (Fsp3) is 0.133. The van der Waals surface area contributed by atoms with Gasteiger partial charge in [-0.2, -0.15) is 0 Å². The summed E-state index contributed by atoms with van der Waals surface area (Å²) in [4.78, 5) is 15.2. The number of hydrogen-bond acceptors (Lipinski definition) is 3. The van der Waals surface area contributed by atoms with Crippen molar-refractivity contribution in [3.8, 4) is 11.3 Å². The molecule has 1 heterocycles. The van der Waals surface area contributed by atoms with Crippen LogP contribution in [0.3, 0.4) is 0 Å². The van der Waals surface area contributed by atoms with Crippen LogP contribution in [-0.4, -0.2) is 9.91 Å². The van der Waals surface area contributed by atoms with Crippen molar-refractivity contribution in [2.24, 2.45) is 0 Å². The summed E-state index contributed by atoms with van der Waals surface area (Å²) in [5.41, 5.74) is 3.73. The molecule has 1 aliphatic rings. The van der Waals surface area contributed by atoms with Gasteiger partial charge in [0, 0.05) is 11.8 Å². The molecule has 1 aromatic heterocycles. The zero-order valence-electron chi connectivity index (χ0n) is 10.2. The molecule has 3 rings (SSSR count). The van der Waals surface area contributed by atoms with Gasteiger partial charge >= 0.3 is 0 Å². The summed E-state index contributed by atoms with van der Waals surface area (Å²) in [7, 11) is 0. The van der Waals surface area contributed by atoms with Gasteiger partial charge in [-0.15, -0.1) is 0 Å². The Hall–Kier alpha value is -2.49. The highest BCUT2D eigenvalue weighted by Crippen LogP contribution is 2.32. The van der Waals surface area contributed by atoms with Crippen LogP contribution in [0.4, 0.5) is 0 Å². The normalized spacial score (nSPS) is 13.6. The Morgan fingerprint density at radius 3 is 2.68 bits per heavy atom. The Morgan fingerprint density at radius 1 is 1.16 bits per heavy atom. The number of hydrogen-bond donors (Lipinski definition) is 0. The lowest BCUT2D eigenvalue weighted by molar-refractivity contribution is -0.375. The van der Waals surface area contributed by atoms with Crippen molar-refractivity contribution in [3.05, 3.63) is 69.9 Å². The van der Waals surface area contributed by atoms with E-state index < -0.39 is 0 Å². The number of pyridine rings is 1. The maximum atomic E-state index is 11.1. The van der Waals surface area contributed by atoms with Gasteiger partial charge in [-0.05, 0) is 30.5 Å². The van der Waals surface area contributed by atoms with E-state index in [4.69, 9.17) is 0 Å². The molecule has 0 N–H and O–H groups in total. The third-order valence-corrected chi connectivity index (χ3v) is 3.31. The smallest absolute Gasteiger partial charge is 0.258 e. The van der Waals surface area contributed by atoms with Gasteiger partial charge in [-0.1, -0.05) is 30.3 Å². The second-order valence-electron chi connectivity index (χ2n) is 4.44. The summed E-state index contributed by atoms with van der Waals surface area (Å²) in [5, 5.41) is 11.1. The lowest BCUT2D eigenvalue weighted by Gasteiger charge is -2.15. The molecule has 0 radical (unpaired) electrons. The van der Waals surface area contributed by atoms with E-state index in [0.29, 0.717) is 12.0 Å². The molecule has 0 aliphatic heterocycles. The van der Waals surface area contributed by atoms with Crippen molar-refractivity contribution < 1.29 is 4.92 Å². The van der Waals surface area contributed by atoms with E-state index in [1.807, 2.05) is 30.3 Å². The zero-order valence-corrected chi connectivity index (χ0v) is 10.2. The fourth-order valence-corrected chi connectivity index (χ4v) is 2.47. The van der Waals surface area contributed by atoms with E-state index in [2.05, 4.69) is 4.98 Å². The number of nitrogens with zero attached hydrogens (tertiary/aromatic N) is 2. The Labute approximate surface area is 110 Å². The van der Waals surface area contributed by atoms with Gasteiger partial charge in [0.15, 0.2) is 0 Å². The maximum Gasteiger partial charge on any atom is 0.273 e. The predicted molar refractivity (Wildman–Crippen MR) is 73.0 cm³/mol. The molecule has 19 heavy (non-hydrogen) atoms. The molecule has 0 atom stereocenters. The van der Waals surface area contributed by atoms with Crippen LogP contribution in [0.1, 0.15) is 17.5 Å². The van der Waals surface area contributed by atoms with Gasteiger partial charge in [0.2, 0.25) is 0 Å². The van der Waals surface area contributed by atoms with Crippen LogP contribution in [0.15, 0.2) is 48.7 Å². The average molecular weight is 252 g/mol. The molecule has 0 amide bonds. The monoisotopic (exact) mass is 252 g/mol. The van der Waals surface area contributed by atoms with Crippen LogP contribution >= 0.6 is 0 Å². The topological polar surface area (TPSA) is 56.0 Å². The van der Waals surface area contributed by atoms with Crippen molar-refractivity contribution in [2.75, 3.05) is 0 Å². The maximum absolute atomic E-state index is 11.1. The van der Waals surface area contributed by atoms with E-state index in [1.165, 1.54) is 0 Å². The lowest BCUT2D eigenvalue weighted by Crippen LogP contribution is -2.08. The van der Waals surface area contributed by atoms with Crippen LogP contribution in [0.25, 0.3) is 17.0 Å². The summed E-state index contributed by atoms with van der Waals surface area (Å²) < 4.78 is 0. The Bertz CT molecular complexity index is 663. The first-order valence-corrected chi connectivity index (χ1v) is 6.15. The molecule has 0 unspecified atom stereocenters. The third-order valence-electron chi connectivity index (χ3n) is 3.31. The van der Waals surface area contributed by atoms with Crippen molar-refractivity contribution in [3.63, 3.8) is 0 Å². The number of fused-ring (bicyclic) bond motifs is 1. The molecular weight excluding hydrogens is 240 g/mol. The summed E-state index contributed by atoms with van der Waals surface area (Å²) >= 11 is 0. The van der Waals surface area contributed by atoms with E-state index in [-0.39, 0.29) is 10.6 Å². The highest BCUT2D eigenvalue weighted by atomic mass is 16.6. The SMILES string of the molecule is O=[N+]([O-])C1=CCCc2c1ccnc2-c1ccccc1. The molecule has 2 aromatic rings. The van der Waals surface area contributed by atoms with Crippen molar-refractivity contribution in [2.45, 2.75) is 12.8 Å². The van der Waals surface area contributed by atoms with E-state index >= 15 is 0 Å². The molecule has 1 aliphatic carbocycles. The molecule has 0 saturated carbocycles. The van der Waals surface area contributed by atoms with Gasteiger partial charge in [-0.25, -0.2) is 0 Å². The zero-order chi connectivity index (χ0) is 13.2. The summed E-state index contributed by atoms with van der Waals surface area (Å²) in [6, 6.07) is 11.5. The van der Waals surface area contributed by atoms with Gasteiger partial charge in [0.25, 0.3) is 5.70 Å². The van der Waals surface area contributed by atoms with Crippen LogP contribution in [-0.2, 0) is 6.42 Å². The van der Waals surface area contributed by atoms with Crippen LogP contribution < -0.4 is 0 Å². The van der Waals surface area contributed by atoms with Crippen molar-refractivity contribution in [1.29, 1.82) is 0 Å². The van der Waals surface area contributed by atoms with Crippen molar-refractivity contribution >= 4 is 5.70 Å². The van der Waals surface area contributed by atoms with Gasteiger partial charge in [-0.3, -0.25) is 15.1 Å². The summed E-state index contributed by atoms with van der Waals surface area (Å²) in [6.45, 7) is 0. The molecule has 0 bridgehead atoms. The second-order valence-corrected chi connectivity index (χ2v) is 4.44. The van der Waals surface area contributed by atoms with Crippen molar-refractivity contribution in [1.82, 2.24) is 4.98 Å². The number of nitro groups is 1. The molecule has 4 nitrogen and oxygen atoms in total. The largest absolute Gasteiger partial charge is 0.273 e. The quantitative estimate of drug-likeness (QED) is 0.608. The van der Waals surface area contributed by atoms with Gasteiger partial charge in [0.05, 0.1) is 16.2 Å². The highest BCUT2D eigenvalue weighted by Gasteiger charge is 2.24. The summed E-state index contributed by atoms with van der Waals surface area (Å²) in [5.74, 6) is 0. The first-order chi connectivity index (χ1) is 9.27. The Balaban J connectivity index is 2.18. The molecule has 0 spiro atoms. The lowest BCUT2D eigenvalue weighted by atomic mass is 9.91. The van der Waals surface area contributed by atoms with Gasteiger partial charge < -0.3 is 0 Å². The van der Waals surface area contributed by atoms with Gasteiger partial charge in [0.1, 0.15) is 0 Å². The second kappa shape index (κ2) is 4.65. The van der Waals surface area contributed by atoms with Crippen LogP contribution in [0.5, 0.6) is 0 Å². The van der Waals surface area contributed by atoms with Crippen LogP contribution in [0, 0.1) is 10.1 Å². The minimum absolute atomic E-state index is 0.195. The van der Waals surface area contributed by atoms with E-state index in [0.717, 1.165) is 23.2 Å². The standard InChI is InChI=1S/C15H12N2O2/c18-17(19)14-8-4-7-13-12(14)9-10-16-15(13)11-5-2-1-3-6-11/h1-3,5-6,8-10H,4,7H2. The number of benzene rings is 1. The predicted octanol–water partition coefficient (Wildman–Crippen LogP) is 3.31. The van der Waals surface area contributed by atoms with Crippen LogP contribution in [0.2, 0.25) is 0 Å². The Morgan fingerprint density at radius 2 is 1.95 bits per heavy atom. The average Bonchev–Trinajstić information content (AvgIpc) is 2.46. The molecule has 94 valence electrons. The summed E-state index contributed by atoms with van der Waals surface area (Å²) in [6.07, 6.45) is 4.82. The molecule has 4 heteroatoms. The minimum Gasteiger partial charge on any atom is -0.258 e. The number of aromatic nitrogens is 1. The number of allylic oxidation sites excluding steroid dienone is 1. The van der Waals surface area contributed by atoms with E-state index in [9.17, 15) is 10.1 Å². The molecule has 1 aromatic carbocycles. The highest BCUT2D eigenvalue weighted by molar-refractivity contribution is 5.73. The fourth-order valence-electron chi connectivity index (χ4n) is 2.47. The molecular formula is C15H12N2O2. The number of rotatable bonds is 2. The first kappa shape index (κ1) is 11.6.